The molecule has 39 heavy (non-hydrogen) atoms. The van der Waals surface area contributed by atoms with Crippen LogP contribution in [0.3, 0.4) is 0 Å². The second kappa shape index (κ2) is 9.81. The molecule has 0 saturated carbocycles. The van der Waals surface area contributed by atoms with Crippen LogP contribution in [0.15, 0.2) is 42.6 Å². The van der Waals surface area contributed by atoms with Crippen molar-refractivity contribution in [3.63, 3.8) is 0 Å². The van der Waals surface area contributed by atoms with E-state index >= 15 is 0 Å². The second-order valence-corrected chi connectivity index (χ2v) is 12.3. The maximum absolute atomic E-state index is 13.2. The lowest BCUT2D eigenvalue weighted by molar-refractivity contribution is -0.130. The number of aryl methyl sites for hydroxylation is 1. The highest BCUT2D eigenvalue weighted by molar-refractivity contribution is 5.97. The van der Waals surface area contributed by atoms with Crippen LogP contribution in [0.2, 0.25) is 0 Å². The van der Waals surface area contributed by atoms with Crippen molar-refractivity contribution in [2.75, 3.05) is 26.2 Å². The predicted molar refractivity (Wildman–Crippen MR) is 150 cm³/mol. The Kier molecular flexibility index (Phi) is 6.44. The van der Waals surface area contributed by atoms with Crippen LogP contribution < -0.4 is 4.74 Å². The number of H-pyrrole nitrogens is 1. The van der Waals surface area contributed by atoms with E-state index < -0.39 is 0 Å². The number of carbonyl (C=O) groups excluding carboxylic acids is 2. The average Bonchev–Trinajstić information content (AvgIpc) is 3.59. The Morgan fingerprint density at radius 3 is 2.77 bits per heavy atom. The first kappa shape index (κ1) is 25.6. The number of rotatable bonds is 5. The van der Waals surface area contributed by atoms with E-state index in [1.54, 1.807) is 11.0 Å². The number of aromatic amines is 1. The lowest BCUT2D eigenvalue weighted by atomic mass is 9.85. The molecule has 2 atom stereocenters. The fourth-order valence-electron chi connectivity index (χ4n) is 6.40. The number of nitrogens with zero attached hydrogens (tertiary/aromatic N) is 4. The molecule has 3 aliphatic rings. The summed E-state index contributed by atoms with van der Waals surface area (Å²) in [5.41, 5.74) is 6.13. The lowest BCUT2D eigenvalue weighted by Gasteiger charge is -2.23. The van der Waals surface area contributed by atoms with E-state index in [9.17, 15) is 9.59 Å². The van der Waals surface area contributed by atoms with E-state index in [0.29, 0.717) is 42.6 Å². The monoisotopic (exact) mass is 527 g/mol. The molecule has 204 valence electrons. The minimum atomic E-state index is -0.0328. The van der Waals surface area contributed by atoms with Gasteiger partial charge in [0.2, 0.25) is 0 Å². The Labute approximate surface area is 229 Å². The number of hydrogen-bond acceptors (Lipinski definition) is 5. The van der Waals surface area contributed by atoms with E-state index in [0.717, 1.165) is 30.5 Å². The third-order valence-corrected chi connectivity index (χ3v) is 8.87. The van der Waals surface area contributed by atoms with Crippen LogP contribution in [-0.2, 0) is 16.6 Å². The van der Waals surface area contributed by atoms with Gasteiger partial charge in [-0.15, -0.1) is 0 Å². The third-order valence-electron chi connectivity index (χ3n) is 8.87. The summed E-state index contributed by atoms with van der Waals surface area (Å²) in [7, 11) is 0. The maximum atomic E-state index is 13.2. The molecule has 0 unspecified atom stereocenters. The highest BCUT2D eigenvalue weighted by Crippen LogP contribution is 2.43. The second-order valence-electron chi connectivity index (χ2n) is 12.3. The van der Waals surface area contributed by atoms with Gasteiger partial charge < -0.3 is 14.5 Å². The SMILES string of the molecule is CC(C)c1cc2c(cc1OCC(=O)N1C=C[C@H]3CN(C(=O)c4ccc5n[nH]nc5c4)C[C@H]3CC1)C(C)(C)CC2. The van der Waals surface area contributed by atoms with Gasteiger partial charge in [0.05, 0.1) is 0 Å². The Morgan fingerprint density at radius 2 is 1.95 bits per heavy atom. The standard InChI is InChI=1S/C31H37N5O3/c1-19(2)24-13-20-7-10-31(3,4)25(20)15-28(24)39-18-29(37)35-11-8-22-16-36(17-23(22)9-12-35)30(38)21-5-6-26-27(14-21)33-34-32-26/h5-6,8,11,13-15,19,22-23H,7,9-10,12,16-18H2,1-4H3,(H,32,33,34)/t22-,23+/m0/s1. The summed E-state index contributed by atoms with van der Waals surface area (Å²) in [6.07, 6.45) is 7.09. The smallest absolute Gasteiger partial charge is 0.264 e. The first-order valence-electron chi connectivity index (χ1n) is 14.1. The molecule has 1 aliphatic carbocycles. The molecule has 0 spiro atoms. The molecule has 0 radical (unpaired) electrons. The van der Waals surface area contributed by atoms with E-state index in [2.05, 4.69) is 61.3 Å². The zero-order valence-corrected chi connectivity index (χ0v) is 23.2. The lowest BCUT2D eigenvalue weighted by Crippen LogP contribution is -2.33. The van der Waals surface area contributed by atoms with Gasteiger partial charge in [-0.3, -0.25) is 9.59 Å². The van der Waals surface area contributed by atoms with Gasteiger partial charge in [0.1, 0.15) is 16.8 Å². The Bertz CT molecular complexity index is 1460. The molecule has 1 aromatic heterocycles. The van der Waals surface area contributed by atoms with Gasteiger partial charge in [0.15, 0.2) is 6.61 Å². The molecule has 1 N–H and O–H groups in total. The summed E-state index contributed by atoms with van der Waals surface area (Å²) in [5.74, 6) is 1.70. The topological polar surface area (TPSA) is 91.4 Å². The van der Waals surface area contributed by atoms with Crippen LogP contribution in [0.1, 0.15) is 73.5 Å². The van der Waals surface area contributed by atoms with Crippen LogP contribution in [0.4, 0.5) is 0 Å². The number of aromatic nitrogens is 3. The molecule has 3 aromatic rings. The average molecular weight is 528 g/mol. The zero-order chi connectivity index (χ0) is 27.3. The number of amides is 2. The summed E-state index contributed by atoms with van der Waals surface area (Å²) in [5, 5.41) is 10.8. The number of fused-ring (bicyclic) bond motifs is 3. The minimum Gasteiger partial charge on any atom is -0.483 e. The van der Waals surface area contributed by atoms with E-state index in [1.807, 2.05) is 23.2 Å². The van der Waals surface area contributed by atoms with Crippen molar-refractivity contribution in [1.82, 2.24) is 25.2 Å². The molecule has 2 aliphatic heterocycles. The highest BCUT2D eigenvalue weighted by Gasteiger charge is 2.36. The highest BCUT2D eigenvalue weighted by atomic mass is 16.5. The molecule has 1 saturated heterocycles. The summed E-state index contributed by atoms with van der Waals surface area (Å²) in [6, 6.07) is 9.89. The van der Waals surface area contributed by atoms with E-state index in [4.69, 9.17) is 4.74 Å². The molecule has 2 aromatic carbocycles. The van der Waals surface area contributed by atoms with Crippen molar-refractivity contribution >= 4 is 22.8 Å². The largest absolute Gasteiger partial charge is 0.483 e. The molecule has 2 amide bonds. The molecule has 6 rings (SSSR count). The number of hydrogen-bond donors (Lipinski definition) is 1. The maximum Gasteiger partial charge on any atom is 0.264 e. The van der Waals surface area contributed by atoms with Crippen molar-refractivity contribution in [2.24, 2.45) is 11.8 Å². The van der Waals surface area contributed by atoms with Crippen LogP contribution >= 0.6 is 0 Å². The summed E-state index contributed by atoms with van der Waals surface area (Å²) in [6.45, 7) is 10.9. The van der Waals surface area contributed by atoms with Crippen molar-refractivity contribution in [3.8, 4) is 5.75 Å². The van der Waals surface area contributed by atoms with Gasteiger partial charge in [-0.2, -0.15) is 15.4 Å². The number of ether oxygens (including phenoxy) is 1. The molecular weight excluding hydrogens is 490 g/mol. The first-order chi connectivity index (χ1) is 18.7. The molecule has 0 bridgehead atoms. The fourth-order valence-corrected chi connectivity index (χ4v) is 6.40. The third kappa shape index (κ3) is 4.81. The predicted octanol–water partition coefficient (Wildman–Crippen LogP) is 4.82. The molecule has 8 nitrogen and oxygen atoms in total. The summed E-state index contributed by atoms with van der Waals surface area (Å²) < 4.78 is 6.20. The van der Waals surface area contributed by atoms with E-state index in [1.165, 1.54) is 16.7 Å². The first-order valence-corrected chi connectivity index (χ1v) is 14.1. The number of likely N-dealkylation sites (tertiary alicyclic amines) is 1. The quantitative estimate of drug-likeness (QED) is 0.514. The van der Waals surface area contributed by atoms with Crippen molar-refractivity contribution in [1.29, 1.82) is 0 Å². The van der Waals surface area contributed by atoms with E-state index in [-0.39, 0.29) is 29.8 Å². The van der Waals surface area contributed by atoms with Crippen LogP contribution in [-0.4, -0.2) is 63.3 Å². The van der Waals surface area contributed by atoms with Gasteiger partial charge in [-0.05, 0) is 77.5 Å². The summed E-state index contributed by atoms with van der Waals surface area (Å²) in [4.78, 5) is 30.1. The normalized spacial score (nSPS) is 21.8. The Hall–Kier alpha value is -3.68. The van der Waals surface area contributed by atoms with Crippen LogP contribution in [0, 0.1) is 11.8 Å². The zero-order valence-electron chi connectivity index (χ0n) is 23.2. The number of benzene rings is 2. The van der Waals surface area contributed by atoms with Crippen LogP contribution in [0.25, 0.3) is 11.0 Å². The fraction of sp³-hybridized carbons (Fsp3) is 0.484. The van der Waals surface area contributed by atoms with Crippen LogP contribution in [0.5, 0.6) is 5.75 Å². The minimum absolute atomic E-state index is 0.0150. The van der Waals surface area contributed by atoms with Crippen molar-refractivity contribution < 1.29 is 14.3 Å². The van der Waals surface area contributed by atoms with Crippen molar-refractivity contribution in [2.45, 2.75) is 58.3 Å². The molecule has 3 heterocycles. The van der Waals surface area contributed by atoms with Crippen molar-refractivity contribution in [3.05, 3.63) is 64.9 Å². The Balaban J connectivity index is 1.10. The number of carbonyl (C=O) groups is 2. The van der Waals surface area contributed by atoms with Gasteiger partial charge in [-0.25, -0.2) is 0 Å². The van der Waals surface area contributed by atoms with Gasteiger partial charge >= 0.3 is 0 Å². The molecule has 1 fully saturated rings. The van der Waals surface area contributed by atoms with Gasteiger partial charge in [0, 0.05) is 37.3 Å². The van der Waals surface area contributed by atoms with Gasteiger partial charge in [-0.1, -0.05) is 39.8 Å². The molecule has 8 heteroatoms. The van der Waals surface area contributed by atoms with Gasteiger partial charge in [0.25, 0.3) is 11.8 Å². The number of nitrogens with one attached hydrogen (secondary N) is 1. The Morgan fingerprint density at radius 1 is 1.13 bits per heavy atom. The molecular formula is C31H37N5O3. The summed E-state index contributed by atoms with van der Waals surface area (Å²) >= 11 is 0.